The first-order valence-electron chi connectivity index (χ1n) is 8.94. The molecule has 0 saturated carbocycles. The molecular weight excluding hydrogens is 318 g/mol. The fraction of sp³-hybridized carbons (Fsp3) is 0.611. The van der Waals surface area contributed by atoms with Crippen LogP contribution in [-0.2, 0) is 18.3 Å². The maximum absolute atomic E-state index is 6.14. The molecule has 4 heterocycles. The van der Waals surface area contributed by atoms with Crippen molar-refractivity contribution < 1.29 is 9.47 Å². The Labute approximate surface area is 148 Å². The van der Waals surface area contributed by atoms with Crippen LogP contribution in [0.1, 0.15) is 24.8 Å². The van der Waals surface area contributed by atoms with Crippen LogP contribution in [0, 0.1) is 5.92 Å². The summed E-state index contributed by atoms with van der Waals surface area (Å²) in [5.41, 5.74) is 1.31. The van der Waals surface area contributed by atoms with E-state index in [0.29, 0.717) is 18.5 Å². The molecule has 134 valence electrons. The van der Waals surface area contributed by atoms with Crippen molar-refractivity contribution in [1.29, 1.82) is 0 Å². The molecule has 0 N–H and O–H groups in total. The van der Waals surface area contributed by atoms with Crippen molar-refractivity contribution in [2.24, 2.45) is 13.0 Å². The highest BCUT2D eigenvalue weighted by molar-refractivity contribution is 5.08. The normalized spacial score (nSPS) is 22.7. The molecule has 1 unspecified atom stereocenters. The summed E-state index contributed by atoms with van der Waals surface area (Å²) in [6.07, 6.45) is 10.7. The van der Waals surface area contributed by atoms with Crippen LogP contribution in [0.3, 0.4) is 0 Å². The fourth-order valence-corrected chi connectivity index (χ4v) is 3.97. The molecule has 2 aliphatic heterocycles. The van der Waals surface area contributed by atoms with Crippen molar-refractivity contribution in [3.05, 3.63) is 36.4 Å². The van der Waals surface area contributed by atoms with Crippen LogP contribution >= 0.6 is 0 Å². The van der Waals surface area contributed by atoms with E-state index in [1.165, 1.54) is 5.56 Å². The van der Waals surface area contributed by atoms with Gasteiger partial charge in [-0.3, -0.25) is 9.58 Å². The highest BCUT2D eigenvalue weighted by atomic mass is 16.5. The van der Waals surface area contributed by atoms with Crippen LogP contribution in [0.5, 0.6) is 6.01 Å². The Morgan fingerprint density at radius 3 is 2.92 bits per heavy atom. The second-order valence-electron chi connectivity index (χ2n) is 7.23. The van der Waals surface area contributed by atoms with Gasteiger partial charge >= 0.3 is 6.01 Å². The maximum Gasteiger partial charge on any atom is 0.316 e. The van der Waals surface area contributed by atoms with Gasteiger partial charge in [-0.15, -0.1) is 0 Å². The van der Waals surface area contributed by atoms with Crippen LogP contribution in [0.15, 0.2) is 30.9 Å². The second kappa shape index (κ2) is 7.09. The number of ether oxygens (including phenoxy) is 2. The van der Waals surface area contributed by atoms with Crippen LogP contribution in [0.2, 0.25) is 0 Å². The summed E-state index contributed by atoms with van der Waals surface area (Å²) in [6.45, 7) is 4.51. The zero-order valence-electron chi connectivity index (χ0n) is 14.7. The molecular formula is C18H25N5O2. The number of hydrogen-bond acceptors (Lipinski definition) is 6. The first kappa shape index (κ1) is 16.5. The average Bonchev–Trinajstić information content (AvgIpc) is 3.00. The molecule has 0 amide bonds. The number of aryl methyl sites for hydroxylation is 1. The first-order chi connectivity index (χ1) is 12.2. The molecule has 7 nitrogen and oxygen atoms in total. The van der Waals surface area contributed by atoms with E-state index in [-0.39, 0.29) is 5.60 Å². The molecule has 2 aliphatic rings. The third-order valence-electron chi connectivity index (χ3n) is 5.08. The molecule has 7 heteroatoms. The lowest BCUT2D eigenvalue weighted by atomic mass is 9.79. The van der Waals surface area contributed by atoms with E-state index in [0.717, 1.165) is 45.5 Å². The number of aromatic nitrogens is 4. The van der Waals surface area contributed by atoms with Gasteiger partial charge in [-0.1, -0.05) is 0 Å². The van der Waals surface area contributed by atoms with Crippen molar-refractivity contribution in [2.75, 3.05) is 26.3 Å². The van der Waals surface area contributed by atoms with Gasteiger partial charge in [0.25, 0.3) is 0 Å². The molecule has 0 aliphatic carbocycles. The minimum Gasteiger partial charge on any atom is -0.463 e. The largest absolute Gasteiger partial charge is 0.463 e. The van der Waals surface area contributed by atoms with Crippen LogP contribution in [0.25, 0.3) is 0 Å². The number of hydrogen-bond donors (Lipinski definition) is 0. The molecule has 1 spiro atoms. The molecule has 0 aromatic carbocycles. The lowest BCUT2D eigenvalue weighted by molar-refractivity contribution is -0.182. The quantitative estimate of drug-likeness (QED) is 0.795. The van der Waals surface area contributed by atoms with Gasteiger partial charge in [0.1, 0.15) is 0 Å². The van der Waals surface area contributed by atoms with Crippen LogP contribution in [0.4, 0.5) is 0 Å². The Bertz CT molecular complexity index is 684. The fourth-order valence-electron chi connectivity index (χ4n) is 3.97. The molecule has 2 saturated heterocycles. The number of nitrogens with zero attached hydrogens (tertiary/aromatic N) is 5. The third kappa shape index (κ3) is 3.99. The van der Waals surface area contributed by atoms with Crippen LogP contribution < -0.4 is 4.74 Å². The zero-order chi connectivity index (χ0) is 17.1. The van der Waals surface area contributed by atoms with E-state index in [1.54, 1.807) is 18.5 Å². The molecule has 0 radical (unpaired) electrons. The summed E-state index contributed by atoms with van der Waals surface area (Å²) in [5, 5.41) is 4.24. The topological polar surface area (TPSA) is 65.3 Å². The van der Waals surface area contributed by atoms with Gasteiger partial charge in [-0.2, -0.15) is 5.10 Å². The predicted octanol–water partition coefficient (Wildman–Crippen LogP) is 1.66. The van der Waals surface area contributed by atoms with E-state index >= 15 is 0 Å². The molecule has 25 heavy (non-hydrogen) atoms. The smallest absolute Gasteiger partial charge is 0.316 e. The zero-order valence-corrected chi connectivity index (χ0v) is 14.7. The number of rotatable bonds is 6. The minimum atomic E-state index is 0.0500. The highest BCUT2D eigenvalue weighted by Gasteiger charge is 2.47. The van der Waals surface area contributed by atoms with Crippen molar-refractivity contribution in [2.45, 2.75) is 31.4 Å². The van der Waals surface area contributed by atoms with E-state index in [1.807, 2.05) is 17.9 Å². The highest BCUT2D eigenvalue weighted by Crippen LogP contribution is 2.38. The van der Waals surface area contributed by atoms with E-state index in [2.05, 4.69) is 26.2 Å². The monoisotopic (exact) mass is 343 g/mol. The third-order valence-corrected chi connectivity index (χ3v) is 5.08. The van der Waals surface area contributed by atoms with Gasteiger partial charge in [0.05, 0.1) is 18.4 Å². The SMILES string of the molecule is Cn1cc(CN2CC3(CC(CCOc4ncccn4)CCO3)C2)cn1. The van der Waals surface area contributed by atoms with Crippen molar-refractivity contribution >= 4 is 0 Å². The van der Waals surface area contributed by atoms with Crippen molar-refractivity contribution in [1.82, 2.24) is 24.6 Å². The van der Waals surface area contributed by atoms with Crippen LogP contribution in [-0.4, -0.2) is 56.6 Å². The van der Waals surface area contributed by atoms with Gasteiger partial charge in [-0.25, -0.2) is 9.97 Å². The van der Waals surface area contributed by atoms with Gasteiger partial charge in [0.2, 0.25) is 0 Å². The van der Waals surface area contributed by atoms with Gasteiger partial charge in [0.15, 0.2) is 0 Å². The standard InChI is InChI=1S/C18H25N5O2/c1-22-11-16(10-21-22)12-23-13-18(14-23)9-15(4-8-25-18)3-7-24-17-19-5-2-6-20-17/h2,5-6,10-11,15H,3-4,7-9,12-14H2,1H3. The second-order valence-corrected chi connectivity index (χ2v) is 7.23. The Balaban J connectivity index is 1.22. The molecule has 2 fully saturated rings. The first-order valence-corrected chi connectivity index (χ1v) is 8.94. The Morgan fingerprint density at radius 2 is 2.16 bits per heavy atom. The van der Waals surface area contributed by atoms with Crippen molar-refractivity contribution in [3.63, 3.8) is 0 Å². The maximum atomic E-state index is 6.14. The minimum absolute atomic E-state index is 0.0500. The predicted molar refractivity (Wildman–Crippen MR) is 92.0 cm³/mol. The molecule has 1 atom stereocenters. The van der Waals surface area contributed by atoms with E-state index in [9.17, 15) is 0 Å². The Morgan fingerprint density at radius 1 is 1.32 bits per heavy atom. The lowest BCUT2D eigenvalue weighted by Crippen LogP contribution is -2.64. The number of likely N-dealkylation sites (tertiary alicyclic amines) is 1. The molecule has 2 aromatic heterocycles. The summed E-state index contributed by atoms with van der Waals surface area (Å²) >= 11 is 0. The summed E-state index contributed by atoms with van der Waals surface area (Å²) in [7, 11) is 1.96. The summed E-state index contributed by atoms with van der Waals surface area (Å²) in [4.78, 5) is 10.6. The average molecular weight is 343 g/mol. The Hall–Kier alpha value is -1.99. The molecule has 0 bridgehead atoms. The van der Waals surface area contributed by atoms with Gasteiger partial charge < -0.3 is 9.47 Å². The summed E-state index contributed by atoms with van der Waals surface area (Å²) in [5.74, 6) is 0.651. The molecule has 2 aromatic rings. The van der Waals surface area contributed by atoms with E-state index < -0.39 is 0 Å². The summed E-state index contributed by atoms with van der Waals surface area (Å²) in [6, 6.07) is 2.26. The van der Waals surface area contributed by atoms with Gasteiger partial charge in [0, 0.05) is 57.4 Å². The van der Waals surface area contributed by atoms with Crippen molar-refractivity contribution in [3.8, 4) is 6.01 Å². The van der Waals surface area contributed by atoms with E-state index in [4.69, 9.17) is 9.47 Å². The Kier molecular flexibility index (Phi) is 4.67. The summed E-state index contributed by atoms with van der Waals surface area (Å²) < 4.78 is 13.6. The lowest BCUT2D eigenvalue weighted by Gasteiger charge is -2.53. The van der Waals surface area contributed by atoms with Gasteiger partial charge in [-0.05, 0) is 31.2 Å². The molecule has 4 rings (SSSR count).